The molecule has 6 heteroatoms. The molecule has 0 radical (unpaired) electrons. The zero-order valence-electron chi connectivity index (χ0n) is 10.8. The number of amides is 1. The molecule has 2 rings (SSSR count). The summed E-state index contributed by atoms with van der Waals surface area (Å²) in [6.07, 6.45) is 0.579. The number of hydrogen-bond donors (Lipinski definition) is 0. The third-order valence-corrected chi connectivity index (χ3v) is 2.90. The Balaban J connectivity index is 1.83. The van der Waals surface area contributed by atoms with Gasteiger partial charge >= 0.3 is 0 Å². The fraction of sp³-hybridized carbons (Fsp3) is 0.538. The lowest BCUT2D eigenvalue weighted by Crippen LogP contribution is -2.33. The second kappa shape index (κ2) is 6.47. The van der Waals surface area contributed by atoms with E-state index in [0.717, 1.165) is 6.42 Å². The van der Waals surface area contributed by atoms with Crippen molar-refractivity contribution in [3.63, 3.8) is 0 Å². The summed E-state index contributed by atoms with van der Waals surface area (Å²) in [6.45, 7) is 3.59. The molecule has 5 nitrogen and oxygen atoms in total. The smallest absolute Gasteiger partial charge is 0.248 e. The second-order valence-electron chi connectivity index (χ2n) is 4.30. The van der Waals surface area contributed by atoms with Crippen molar-refractivity contribution in [2.45, 2.75) is 19.4 Å². The summed E-state index contributed by atoms with van der Waals surface area (Å²) in [5.41, 5.74) is 0. The minimum absolute atomic E-state index is 0.0415. The Morgan fingerprint density at radius 3 is 3.16 bits per heavy atom. The van der Waals surface area contributed by atoms with Gasteiger partial charge in [0, 0.05) is 25.6 Å². The number of ether oxygens (including phenoxy) is 2. The topological polar surface area (TPSA) is 51.7 Å². The van der Waals surface area contributed by atoms with E-state index in [0.29, 0.717) is 19.7 Å². The van der Waals surface area contributed by atoms with Gasteiger partial charge in [-0.15, -0.1) is 0 Å². The summed E-state index contributed by atoms with van der Waals surface area (Å²) in [6, 6.07) is 4.41. The number of aromatic nitrogens is 1. The average molecular weight is 268 g/mol. The van der Waals surface area contributed by atoms with E-state index >= 15 is 0 Å². The van der Waals surface area contributed by atoms with Crippen LogP contribution in [0.15, 0.2) is 18.2 Å². The molecule has 1 aromatic heterocycles. The van der Waals surface area contributed by atoms with Crippen LogP contribution in [0.2, 0.25) is 0 Å². The Bertz CT molecular complexity index is 442. The molecular weight excluding hydrogens is 251 g/mol. The molecule has 19 heavy (non-hydrogen) atoms. The molecule has 1 unspecified atom stereocenters. The number of carbonyl (C=O) groups excluding carboxylic acids is 1. The molecule has 104 valence electrons. The summed E-state index contributed by atoms with van der Waals surface area (Å²) >= 11 is 0. The zero-order chi connectivity index (χ0) is 13.7. The first kappa shape index (κ1) is 13.7. The molecule has 1 fully saturated rings. The van der Waals surface area contributed by atoms with Gasteiger partial charge < -0.3 is 14.4 Å². The van der Waals surface area contributed by atoms with Crippen molar-refractivity contribution < 1.29 is 18.7 Å². The number of hydrogen-bond acceptors (Lipinski definition) is 4. The van der Waals surface area contributed by atoms with Gasteiger partial charge in [-0.3, -0.25) is 4.79 Å². The Kier molecular flexibility index (Phi) is 4.68. The minimum atomic E-state index is -0.570. The second-order valence-corrected chi connectivity index (χ2v) is 4.30. The van der Waals surface area contributed by atoms with Crippen LogP contribution in [0.1, 0.15) is 13.3 Å². The maximum absolute atomic E-state index is 12.9. The quantitative estimate of drug-likeness (QED) is 0.754. The van der Waals surface area contributed by atoms with Crippen LogP contribution < -0.4 is 4.74 Å². The molecule has 1 saturated heterocycles. The molecule has 0 N–H and O–H groups in total. The van der Waals surface area contributed by atoms with Crippen LogP contribution in [0.3, 0.4) is 0 Å². The minimum Gasteiger partial charge on any atom is -0.472 e. The fourth-order valence-electron chi connectivity index (χ4n) is 1.96. The summed E-state index contributed by atoms with van der Waals surface area (Å²) in [4.78, 5) is 17.1. The van der Waals surface area contributed by atoms with Crippen LogP contribution in [-0.2, 0) is 9.53 Å². The van der Waals surface area contributed by atoms with Crippen LogP contribution in [0, 0.1) is 5.95 Å². The lowest BCUT2D eigenvalue weighted by Gasteiger charge is -2.16. The highest BCUT2D eigenvalue weighted by molar-refractivity contribution is 5.77. The van der Waals surface area contributed by atoms with Gasteiger partial charge in [-0.05, 0) is 13.0 Å². The first-order valence-corrected chi connectivity index (χ1v) is 6.33. The van der Waals surface area contributed by atoms with Gasteiger partial charge in [0.1, 0.15) is 12.7 Å². The highest BCUT2D eigenvalue weighted by atomic mass is 19.1. The standard InChI is InChI=1S/C13H17FN2O3/c1-2-18-9-13(17)16-7-6-10(8-16)19-12-5-3-4-11(14)15-12/h3-5,10H,2,6-9H2,1H3. The number of halogens is 1. The monoisotopic (exact) mass is 268 g/mol. The van der Waals surface area contributed by atoms with Crippen LogP contribution >= 0.6 is 0 Å². The zero-order valence-corrected chi connectivity index (χ0v) is 10.8. The van der Waals surface area contributed by atoms with Gasteiger partial charge in [0.15, 0.2) is 0 Å². The van der Waals surface area contributed by atoms with E-state index in [9.17, 15) is 9.18 Å². The molecule has 1 amide bonds. The summed E-state index contributed by atoms with van der Waals surface area (Å²) in [7, 11) is 0. The van der Waals surface area contributed by atoms with Crippen LogP contribution in [0.5, 0.6) is 5.88 Å². The summed E-state index contributed by atoms with van der Waals surface area (Å²) in [5, 5.41) is 0. The van der Waals surface area contributed by atoms with Crippen molar-refractivity contribution in [2.24, 2.45) is 0 Å². The molecule has 1 atom stereocenters. The molecule has 1 aliphatic rings. The van der Waals surface area contributed by atoms with Gasteiger partial charge in [0.25, 0.3) is 0 Å². The molecule has 2 heterocycles. The van der Waals surface area contributed by atoms with Crippen molar-refractivity contribution in [1.82, 2.24) is 9.88 Å². The SMILES string of the molecule is CCOCC(=O)N1CCC(Oc2cccc(F)n2)C1. The van der Waals surface area contributed by atoms with E-state index in [-0.39, 0.29) is 24.5 Å². The summed E-state index contributed by atoms with van der Waals surface area (Å²) in [5.74, 6) is -0.357. The normalized spacial score (nSPS) is 18.6. The molecule has 0 saturated carbocycles. The largest absolute Gasteiger partial charge is 0.472 e. The number of pyridine rings is 1. The molecule has 0 aliphatic carbocycles. The van der Waals surface area contributed by atoms with Gasteiger partial charge in [-0.25, -0.2) is 0 Å². The highest BCUT2D eigenvalue weighted by Crippen LogP contribution is 2.16. The molecule has 0 aromatic carbocycles. The van der Waals surface area contributed by atoms with Gasteiger partial charge in [-0.1, -0.05) is 6.07 Å². The van der Waals surface area contributed by atoms with E-state index in [1.807, 2.05) is 6.92 Å². The molecule has 1 aromatic rings. The Hall–Kier alpha value is -1.69. The van der Waals surface area contributed by atoms with Crippen molar-refractivity contribution in [3.8, 4) is 5.88 Å². The average Bonchev–Trinajstić information content (AvgIpc) is 2.84. The third kappa shape index (κ3) is 3.89. The van der Waals surface area contributed by atoms with Gasteiger partial charge in [-0.2, -0.15) is 9.37 Å². The van der Waals surface area contributed by atoms with Crippen LogP contribution in [-0.4, -0.2) is 48.2 Å². The predicted molar refractivity (Wildman–Crippen MR) is 66.3 cm³/mol. The molecule has 0 bridgehead atoms. The Morgan fingerprint density at radius 1 is 1.58 bits per heavy atom. The summed E-state index contributed by atoms with van der Waals surface area (Å²) < 4.78 is 23.6. The van der Waals surface area contributed by atoms with Gasteiger partial charge in [0.05, 0.1) is 6.54 Å². The number of nitrogens with zero attached hydrogens (tertiary/aromatic N) is 2. The van der Waals surface area contributed by atoms with E-state index in [2.05, 4.69) is 4.98 Å². The van der Waals surface area contributed by atoms with Crippen LogP contribution in [0.25, 0.3) is 0 Å². The fourth-order valence-corrected chi connectivity index (χ4v) is 1.96. The van der Waals surface area contributed by atoms with E-state index < -0.39 is 5.95 Å². The van der Waals surface area contributed by atoms with Crippen LogP contribution in [0.4, 0.5) is 4.39 Å². The predicted octanol–water partition coefficient (Wildman–Crippen LogP) is 1.24. The van der Waals surface area contributed by atoms with Gasteiger partial charge in [0.2, 0.25) is 17.7 Å². The van der Waals surface area contributed by atoms with E-state index in [1.165, 1.54) is 6.07 Å². The highest BCUT2D eigenvalue weighted by Gasteiger charge is 2.27. The number of rotatable bonds is 5. The van der Waals surface area contributed by atoms with Crippen molar-refractivity contribution >= 4 is 5.91 Å². The third-order valence-electron chi connectivity index (χ3n) is 2.90. The Labute approximate surface area is 111 Å². The molecular formula is C13H17FN2O3. The number of carbonyl (C=O) groups is 1. The molecule has 0 spiro atoms. The van der Waals surface area contributed by atoms with Crippen molar-refractivity contribution in [1.29, 1.82) is 0 Å². The maximum atomic E-state index is 12.9. The van der Waals surface area contributed by atoms with Crippen molar-refractivity contribution in [2.75, 3.05) is 26.3 Å². The number of likely N-dealkylation sites (tertiary alicyclic amines) is 1. The van der Waals surface area contributed by atoms with Crippen molar-refractivity contribution in [3.05, 3.63) is 24.1 Å². The van der Waals surface area contributed by atoms with E-state index in [4.69, 9.17) is 9.47 Å². The first-order valence-electron chi connectivity index (χ1n) is 6.33. The maximum Gasteiger partial charge on any atom is 0.248 e. The Morgan fingerprint density at radius 2 is 2.42 bits per heavy atom. The first-order chi connectivity index (χ1) is 9.19. The lowest BCUT2D eigenvalue weighted by atomic mass is 10.3. The lowest BCUT2D eigenvalue weighted by molar-refractivity contribution is -0.135. The van der Waals surface area contributed by atoms with E-state index in [1.54, 1.807) is 17.0 Å². The molecule has 1 aliphatic heterocycles.